The Morgan fingerprint density at radius 3 is 2.48 bits per heavy atom. The Balaban J connectivity index is 1.69. The Morgan fingerprint density at radius 1 is 1.10 bits per heavy atom. The fraction of sp³-hybridized carbons (Fsp3) is 0.417. The minimum atomic E-state index is -0.626. The van der Waals surface area contributed by atoms with Gasteiger partial charge in [-0.3, -0.25) is 9.59 Å². The Bertz CT molecular complexity index is 886. The predicted octanol–water partition coefficient (Wildman–Crippen LogP) is 5.24. The highest BCUT2D eigenvalue weighted by Gasteiger charge is 2.28. The number of hydrogen-bond donors (Lipinski definition) is 1. The molecule has 0 aliphatic heterocycles. The molecule has 0 radical (unpaired) electrons. The van der Waals surface area contributed by atoms with E-state index in [1.54, 1.807) is 30.0 Å². The van der Waals surface area contributed by atoms with Crippen LogP contribution < -0.4 is 10.1 Å². The summed E-state index contributed by atoms with van der Waals surface area (Å²) in [6.07, 6.45) is 5.45. The molecule has 0 saturated heterocycles. The first kappa shape index (κ1) is 23.4. The fourth-order valence-corrected chi connectivity index (χ4v) is 4.21. The van der Waals surface area contributed by atoms with Crippen molar-refractivity contribution in [2.24, 2.45) is 0 Å². The summed E-state index contributed by atoms with van der Waals surface area (Å²) in [4.78, 5) is 27.6. The molecule has 31 heavy (non-hydrogen) atoms. The molecule has 2 aromatic carbocycles. The standard InChI is InChI=1S/C24H28Cl2N2O3/c1-17(24(30)27-20-10-6-3-7-11-20)28(15-18-8-4-2-5-9-18)23(29)16-31-22-13-12-19(25)14-21(22)26/h2,4-5,8-9,12-14,17,20H,3,6-7,10-11,15-16H2,1H3,(H,27,30)/t17-/m0/s1. The number of nitrogens with zero attached hydrogens (tertiary/aromatic N) is 1. The fourth-order valence-electron chi connectivity index (χ4n) is 3.75. The number of carbonyl (C=O) groups excluding carboxylic acids is 2. The quantitative estimate of drug-likeness (QED) is 0.583. The normalized spacial score (nSPS) is 15.2. The molecule has 1 aliphatic carbocycles. The summed E-state index contributed by atoms with van der Waals surface area (Å²) < 4.78 is 5.64. The third-order valence-electron chi connectivity index (χ3n) is 5.56. The summed E-state index contributed by atoms with van der Waals surface area (Å²) in [5.74, 6) is -0.0553. The van der Waals surface area contributed by atoms with E-state index in [0.29, 0.717) is 22.3 Å². The summed E-state index contributed by atoms with van der Waals surface area (Å²) >= 11 is 12.1. The van der Waals surface area contributed by atoms with Crippen LogP contribution in [-0.4, -0.2) is 35.4 Å². The second-order valence-electron chi connectivity index (χ2n) is 7.89. The first-order valence-corrected chi connectivity index (χ1v) is 11.4. The lowest BCUT2D eigenvalue weighted by molar-refractivity contribution is -0.142. The van der Waals surface area contributed by atoms with E-state index in [9.17, 15) is 9.59 Å². The number of rotatable bonds is 8. The highest BCUT2D eigenvalue weighted by molar-refractivity contribution is 6.35. The van der Waals surface area contributed by atoms with E-state index in [1.807, 2.05) is 30.3 Å². The molecule has 0 heterocycles. The van der Waals surface area contributed by atoms with Crippen molar-refractivity contribution in [2.45, 2.75) is 57.7 Å². The van der Waals surface area contributed by atoms with E-state index in [0.717, 1.165) is 31.2 Å². The molecule has 0 bridgehead atoms. The van der Waals surface area contributed by atoms with E-state index < -0.39 is 6.04 Å². The second kappa shape index (κ2) is 11.4. The Hall–Kier alpha value is -2.24. The first-order chi connectivity index (χ1) is 14.9. The third kappa shape index (κ3) is 6.88. The number of halogens is 2. The topological polar surface area (TPSA) is 58.6 Å². The average molecular weight is 463 g/mol. The van der Waals surface area contributed by atoms with Gasteiger partial charge in [0.05, 0.1) is 5.02 Å². The van der Waals surface area contributed by atoms with Gasteiger partial charge in [-0.15, -0.1) is 0 Å². The molecule has 0 unspecified atom stereocenters. The Morgan fingerprint density at radius 2 is 1.81 bits per heavy atom. The summed E-state index contributed by atoms with van der Waals surface area (Å²) in [5.41, 5.74) is 0.942. The van der Waals surface area contributed by atoms with Gasteiger partial charge in [0.15, 0.2) is 6.61 Å². The van der Waals surface area contributed by atoms with Gasteiger partial charge >= 0.3 is 0 Å². The zero-order valence-corrected chi connectivity index (χ0v) is 19.2. The molecule has 0 spiro atoms. The molecule has 1 saturated carbocycles. The van der Waals surface area contributed by atoms with Gasteiger partial charge in [-0.05, 0) is 43.5 Å². The number of benzene rings is 2. The number of amides is 2. The lowest BCUT2D eigenvalue weighted by Gasteiger charge is -2.31. The number of carbonyl (C=O) groups is 2. The second-order valence-corrected chi connectivity index (χ2v) is 8.73. The van der Waals surface area contributed by atoms with Crippen LogP contribution in [-0.2, 0) is 16.1 Å². The average Bonchev–Trinajstić information content (AvgIpc) is 2.77. The summed E-state index contributed by atoms with van der Waals surface area (Å²) in [6, 6.07) is 14.0. The van der Waals surface area contributed by atoms with Gasteiger partial charge in [0, 0.05) is 17.6 Å². The van der Waals surface area contributed by atoms with Crippen molar-refractivity contribution < 1.29 is 14.3 Å². The zero-order valence-electron chi connectivity index (χ0n) is 17.7. The summed E-state index contributed by atoms with van der Waals surface area (Å²) in [5, 5.41) is 3.94. The Kier molecular flexibility index (Phi) is 8.61. The smallest absolute Gasteiger partial charge is 0.261 e. The van der Waals surface area contributed by atoms with Crippen LogP contribution in [0.2, 0.25) is 10.0 Å². The van der Waals surface area contributed by atoms with Crippen molar-refractivity contribution >= 4 is 35.0 Å². The van der Waals surface area contributed by atoms with E-state index in [2.05, 4.69) is 5.32 Å². The molecule has 1 fully saturated rings. The maximum Gasteiger partial charge on any atom is 0.261 e. The highest BCUT2D eigenvalue weighted by atomic mass is 35.5. The molecule has 1 atom stereocenters. The lowest BCUT2D eigenvalue weighted by Crippen LogP contribution is -2.51. The molecule has 5 nitrogen and oxygen atoms in total. The largest absolute Gasteiger partial charge is 0.482 e. The van der Waals surface area contributed by atoms with Crippen LogP contribution in [0.15, 0.2) is 48.5 Å². The summed E-state index contributed by atoms with van der Waals surface area (Å²) in [7, 11) is 0. The maximum absolute atomic E-state index is 13.1. The number of ether oxygens (including phenoxy) is 1. The van der Waals surface area contributed by atoms with Crippen LogP contribution in [0.25, 0.3) is 0 Å². The van der Waals surface area contributed by atoms with Gasteiger partial charge < -0.3 is 15.0 Å². The molecule has 7 heteroatoms. The first-order valence-electron chi connectivity index (χ1n) is 10.7. The van der Waals surface area contributed by atoms with Crippen LogP contribution in [0.4, 0.5) is 0 Å². The van der Waals surface area contributed by atoms with Crippen molar-refractivity contribution in [1.29, 1.82) is 0 Å². The van der Waals surface area contributed by atoms with Gasteiger partial charge in [-0.2, -0.15) is 0 Å². The lowest BCUT2D eigenvalue weighted by atomic mass is 9.95. The molecule has 0 aromatic heterocycles. The minimum Gasteiger partial charge on any atom is -0.482 e. The van der Waals surface area contributed by atoms with Crippen molar-refractivity contribution in [3.05, 3.63) is 64.1 Å². The molecule has 2 aromatic rings. The molecule has 166 valence electrons. The Labute approximate surface area is 193 Å². The third-order valence-corrected chi connectivity index (χ3v) is 6.09. The molecule has 1 N–H and O–H groups in total. The van der Waals surface area contributed by atoms with Crippen molar-refractivity contribution in [1.82, 2.24) is 10.2 Å². The van der Waals surface area contributed by atoms with Crippen molar-refractivity contribution in [3.8, 4) is 5.75 Å². The monoisotopic (exact) mass is 462 g/mol. The maximum atomic E-state index is 13.1. The van der Waals surface area contributed by atoms with Crippen LogP contribution in [0.1, 0.15) is 44.6 Å². The zero-order chi connectivity index (χ0) is 22.2. The predicted molar refractivity (Wildman–Crippen MR) is 123 cm³/mol. The molecular weight excluding hydrogens is 435 g/mol. The van der Waals surface area contributed by atoms with Gasteiger partial charge in [0.2, 0.25) is 5.91 Å². The van der Waals surface area contributed by atoms with Gasteiger partial charge in [0.1, 0.15) is 11.8 Å². The van der Waals surface area contributed by atoms with Crippen LogP contribution in [0, 0.1) is 0 Å². The van der Waals surface area contributed by atoms with Crippen LogP contribution in [0.5, 0.6) is 5.75 Å². The highest BCUT2D eigenvalue weighted by Crippen LogP contribution is 2.27. The van der Waals surface area contributed by atoms with Crippen LogP contribution in [0.3, 0.4) is 0 Å². The van der Waals surface area contributed by atoms with Gasteiger partial charge in [0.25, 0.3) is 5.91 Å². The SMILES string of the molecule is C[C@@H](C(=O)NC1CCCCC1)N(Cc1ccccc1)C(=O)COc1ccc(Cl)cc1Cl. The minimum absolute atomic E-state index is 0.138. The molecule has 1 aliphatic rings. The number of hydrogen-bond acceptors (Lipinski definition) is 3. The van der Waals surface area contributed by atoms with E-state index >= 15 is 0 Å². The van der Waals surface area contributed by atoms with Gasteiger partial charge in [-0.1, -0.05) is 72.8 Å². The number of nitrogens with one attached hydrogen (secondary N) is 1. The molecular formula is C24H28Cl2N2O3. The van der Waals surface area contributed by atoms with E-state index in [4.69, 9.17) is 27.9 Å². The van der Waals surface area contributed by atoms with Crippen molar-refractivity contribution in [2.75, 3.05) is 6.61 Å². The van der Waals surface area contributed by atoms with E-state index in [1.165, 1.54) is 6.42 Å². The van der Waals surface area contributed by atoms with Crippen molar-refractivity contribution in [3.63, 3.8) is 0 Å². The van der Waals surface area contributed by atoms with Crippen LogP contribution >= 0.6 is 23.2 Å². The van der Waals surface area contributed by atoms with Gasteiger partial charge in [-0.25, -0.2) is 0 Å². The summed E-state index contributed by atoms with van der Waals surface area (Å²) in [6.45, 7) is 1.85. The van der Waals surface area contributed by atoms with E-state index in [-0.39, 0.29) is 24.5 Å². The molecule has 3 rings (SSSR count). The molecule has 2 amide bonds.